The van der Waals surface area contributed by atoms with Crippen molar-refractivity contribution in [1.82, 2.24) is 20.0 Å². The van der Waals surface area contributed by atoms with E-state index in [1.54, 1.807) is 12.1 Å². The van der Waals surface area contributed by atoms with Gasteiger partial charge in [-0.05, 0) is 103 Å². The van der Waals surface area contributed by atoms with E-state index in [1.165, 1.54) is 0 Å². The highest BCUT2D eigenvalue weighted by Gasteiger charge is 2.47. The highest BCUT2D eigenvalue weighted by molar-refractivity contribution is 6.24. The number of rotatable bonds is 12. The number of likely N-dealkylation sites (tertiary alicyclic amines) is 1. The first-order valence-corrected chi connectivity index (χ1v) is 20.0. The quantitative estimate of drug-likeness (QED) is 0.124. The highest BCUT2D eigenvalue weighted by atomic mass is 19.1. The predicted molar refractivity (Wildman–Crippen MR) is 224 cm³/mol. The van der Waals surface area contributed by atoms with Gasteiger partial charge in [0.05, 0.1) is 16.6 Å². The Bertz CT molecular complexity index is 2640. The van der Waals surface area contributed by atoms with Gasteiger partial charge in [-0.25, -0.2) is 8.78 Å². The number of halogens is 2. The largest absolute Gasteiger partial charge is 0.508 e. The van der Waals surface area contributed by atoms with Crippen molar-refractivity contribution in [2.45, 2.75) is 45.1 Å². The highest BCUT2D eigenvalue weighted by Crippen LogP contribution is 2.38. The van der Waals surface area contributed by atoms with Gasteiger partial charge in [-0.1, -0.05) is 61.5 Å². The van der Waals surface area contributed by atoms with Crippen LogP contribution < -0.4 is 15.0 Å². The van der Waals surface area contributed by atoms with Gasteiger partial charge in [-0.2, -0.15) is 0 Å². The molecule has 4 aliphatic rings. The number of nitrogens with zero attached hydrogens (tertiary/aromatic N) is 4. The lowest BCUT2D eigenvalue weighted by molar-refractivity contribution is -0.136. The zero-order valence-corrected chi connectivity index (χ0v) is 32.8. The van der Waals surface area contributed by atoms with Gasteiger partial charge >= 0.3 is 0 Å². The number of anilines is 1. The maximum Gasteiger partial charge on any atom is 0.265 e. The summed E-state index contributed by atoms with van der Waals surface area (Å²) in [4.78, 5) is 53.6. The van der Waals surface area contributed by atoms with Gasteiger partial charge in [0.2, 0.25) is 11.8 Å². The molecule has 0 aromatic heterocycles. The molecule has 4 heterocycles. The number of allylic oxidation sites excluding steroid dienone is 1. The normalized spacial score (nSPS) is 25.0. The summed E-state index contributed by atoms with van der Waals surface area (Å²) in [6, 6.07) is 23.7. The van der Waals surface area contributed by atoms with Crippen LogP contribution in [0.1, 0.15) is 87.4 Å². The van der Waals surface area contributed by atoms with Crippen molar-refractivity contribution in [2.24, 2.45) is 5.92 Å². The van der Waals surface area contributed by atoms with Crippen LogP contribution in [0.3, 0.4) is 0 Å². The number of phenols is 1. The molecule has 3 saturated heterocycles. The number of carbonyl (C=O) groups is 4. The van der Waals surface area contributed by atoms with Crippen LogP contribution in [0.2, 0.25) is 0 Å². The fourth-order valence-electron chi connectivity index (χ4n) is 8.19. The number of piperidine rings is 2. The van der Waals surface area contributed by atoms with Crippen LogP contribution in [0.5, 0.6) is 11.5 Å². The number of benzene rings is 4. The van der Waals surface area contributed by atoms with Crippen molar-refractivity contribution in [1.29, 1.82) is 0 Å². The fraction of sp³-hybridized carbons (Fsp3) is 0.362. The Morgan fingerprint density at radius 3 is 2.15 bits per heavy atom. The number of ether oxygens (including phenoxy) is 1. The minimum Gasteiger partial charge on any atom is -0.508 e. The van der Waals surface area contributed by atoms with Crippen molar-refractivity contribution in [3.05, 3.63) is 124 Å². The molecule has 8 rings (SSSR count). The number of piperazine rings is 1. The third kappa shape index (κ3) is 8.41. The number of carbonyl (C=O) groups excluding carboxylic acids is 4. The molecule has 2 N–H and O–H groups in total. The second-order valence-corrected chi connectivity index (χ2v) is 15.1. The Kier molecular flexibility index (Phi) is 9.44. The predicted octanol–water partition coefficient (Wildman–Crippen LogP) is 6.35. The molecule has 1 unspecified atom stereocenters. The fourth-order valence-corrected chi connectivity index (χ4v) is 8.19. The van der Waals surface area contributed by atoms with Crippen molar-refractivity contribution < 1.29 is 48.8 Å². The zero-order chi connectivity index (χ0) is 49.1. The molecule has 13 heteroatoms. The second-order valence-electron chi connectivity index (χ2n) is 15.1. The van der Waals surface area contributed by atoms with E-state index in [9.17, 15) is 24.3 Å². The summed E-state index contributed by atoms with van der Waals surface area (Å²) in [6.07, 6.45) is 0.971. The summed E-state index contributed by atoms with van der Waals surface area (Å²) in [7, 11) is 0. The number of amides is 4. The van der Waals surface area contributed by atoms with Crippen LogP contribution in [0.25, 0.3) is 11.1 Å². The van der Waals surface area contributed by atoms with E-state index in [0.717, 1.165) is 34.3 Å². The van der Waals surface area contributed by atoms with Crippen LogP contribution in [-0.4, -0.2) is 108 Å². The number of aromatic hydroxyl groups is 1. The molecular formula is C47H49F2N5O6. The molecule has 0 spiro atoms. The SMILES string of the molecule is [2H]C1([2H])N(CC2CCN(CCOc3ccc(C(=C(CC)c4ccccc4)c4ccc(O)cc4)cc3)CC2)C([2H])([2H])C([2H])([2H])N(c2c(F)cc3c(c2F)C(=O)N(C2CCC(=O)NC2=O)C3=O)C1([2H])[2H]. The number of nitrogens with one attached hydrogen (secondary N) is 1. The first kappa shape index (κ1) is 31.9. The average Bonchev–Trinajstić information content (AvgIpc) is 3.54. The number of phenolic OH excluding ortho intramolecular Hbond substituents is 1. The summed E-state index contributed by atoms with van der Waals surface area (Å²) in [6.45, 7) is -10.9. The molecule has 0 saturated carbocycles. The second kappa shape index (κ2) is 17.7. The molecule has 0 radical (unpaired) electrons. The summed E-state index contributed by atoms with van der Waals surface area (Å²) < 4.78 is 110. The van der Waals surface area contributed by atoms with Crippen molar-refractivity contribution in [2.75, 3.05) is 63.7 Å². The first-order valence-electron chi connectivity index (χ1n) is 24.0. The molecule has 0 aliphatic carbocycles. The molecule has 312 valence electrons. The third-order valence-corrected chi connectivity index (χ3v) is 11.3. The third-order valence-electron chi connectivity index (χ3n) is 11.3. The molecule has 4 aliphatic heterocycles. The van der Waals surface area contributed by atoms with Crippen LogP contribution >= 0.6 is 0 Å². The van der Waals surface area contributed by atoms with E-state index in [-0.39, 0.29) is 23.5 Å². The van der Waals surface area contributed by atoms with E-state index in [1.807, 2.05) is 59.9 Å². The van der Waals surface area contributed by atoms with Crippen LogP contribution in [-0.2, 0) is 9.59 Å². The number of fused-ring (bicyclic) bond motifs is 1. The van der Waals surface area contributed by atoms with Crippen LogP contribution in [0, 0.1) is 17.6 Å². The molecular weight excluding hydrogens is 769 g/mol. The number of hydrogen-bond acceptors (Lipinski definition) is 9. The zero-order valence-electron chi connectivity index (χ0n) is 40.8. The Morgan fingerprint density at radius 1 is 0.833 bits per heavy atom. The summed E-state index contributed by atoms with van der Waals surface area (Å²) in [5.74, 6) is -7.83. The van der Waals surface area contributed by atoms with Gasteiger partial charge in [0.1, 0.15) is 35.7 Å². The minimum atomic E-state index is -3.70. The molecule has 4 aromatic rings. The van der Waals surface area contributed by atoms with Crippen LogP contribution in [0.4, 0.5) is 14.5 Å². The standard InChI is InChI=1S/C47H49F2N5O6/c1-2-36(31-6-4-3-5-7-31)41(32-8-12-34(55)13-9-32)33-10-14-35(15-11-33)60-27-26-51-20-18-30(19-21-51)29-52-22-24-53(25-23-52)44-38(48)28-37-42(43(44)49)47(59)54(46(37)58)39-16-17-40(56)50-45(39)57/h3-15,28,30,39,55H,2,16-27,29H2,1H3,(H,50,56,57)/i22D2,23D2,24D2,25D2. The van der Waals surface area contributed by atoms with Crippen molar-refractivity contribution in [3.8, 4) is 11.5 Å². The van der Waals surface area contributed by atoms with Gasteiger partial charge in [0, 0.05) is 51.0 Å². The smallest absolute Gasteiger partial charge is 0.265 e. The summed E-state index contributed by atoms with van der Waals surface area (Å²) >= 11 is 0. The maximum atomic E-state index is 16.6. The molecule has 60 heavy (non-hydrogen) atoms. The maximum absolute atomic E-state index is 16.6. The van der Waals surface area contributed by atoms with Gasteiger partial charge in [-0.3, -0.25) is 39.2 Å². The van der Waals surface area contributed by atoms with Gasteiger partial charge in [0.25, 0.3) is 11.8 Å². The van der Waals surface area contributed by atoms with Gasteiger partial charge < -0.3 is 14.7 Å². The molecule has 4 amide bonds. The lowest BCUT2D eigenvalue weighted by atomic mass is 9.88. The topological polar surface area (TPSA) is 123 Å². The van der Waals surface area contributed by atoms with E-state index in [4.69, 9.17) is 15.7 Å². The molecule has 11 nitrogen and oxygen atoms in total. The van der Waals surface area contributed by atoms with E-state index in [2.05, 4.69) is 24.0 Å². The first-order chi connectivity index (χ1) is 32.1. The van der Waals surface area contributed by atoms with Gasteiger partial charge in [-0.15, -0.1) is 0 Å². The summed E-state index contributed by atoms with van der Waals surface area (Å²) in [5.41, 5.74) is 1.56. The van der Waals surface area contributed by atoms with E-state index < -0.39 is 96.6 Å². The molecule has 1 atom stereocenters. The van der Waals surface area contributed by atoms with Gasteiger partial charge in [0.15, 0.2) is 5.82 Å². The Hall–Kier alpha value is -5.92. The van der Waals surface area contributed by atoms with Crippen molar-refractivity contribution in [3.63, 3.8) is 0 Å². The minimum absolute atomic E-state index is 0.171. The Morgan fingerprint density at radius 2 is 1.50 bits per heavy atom. The van der Waals surface area contributed by atoms with E-state index in [0.29, 0.717) is 60.7 Å². The number of hydrogen-bond donors (Lipinski definition) is 2. The number of imide groups is 2. The van der Waals surface area contributed by atoms with E-state index >= 15 is 8.78 Å². The lowest BCUT2D eigenvalue weighted by Gasteiger charge is -2.39. The summed E-state index contributed by atoms with van der Waals surface area (Å²) in [5, 5.41) is 11.9. The molecule has 3 fully saturated rings. The lowest BCUT2D eigenvalue weighted by Crippen LogP contribution is -2.54. The monoisotopic (exact) mass is 825 g/mol. The molecule has 4 aromatic carbocycles. The Labute approximate surface area is 359 Å². The average molecular weight is 826 g/mol. The Balaban J connectivity index is 0.929. The van der Waals surface area contributed by atoms with Crippen molar-refractivity contribution >= 4 is 40.5 Å². The molecule has 0 bridgehead atoms. The van der Waals surface area contributed by atoms with Crippen LogP contribution in [0.15, 0.2) is 84.9 Å².